The van der Waals surface area contributed by atoms with Gasteiger partial charge in [0, 0.05) is 10.7 Å². The maximum absolute atomic E-state index is 11.0. The zero-order valence-corrected chi connectivity index (χ0v) is 8.41. The second kappa shape index (κ2) is 4.65. The molecule has 1 rings (SSSR count). The minimum atomic E-state index is -1.03. The summed E-state index contributed by atoms with van der Waals surface area (Å²) in [5.74, 6) is -1.69. The van der Waals surface area contributed by atoms with Crippen molar-refractivity contribution in [3.05, 3.63) is 28.8 Å². The molecule has 4 N–H and O–H groups in total. The van der Waals surface area contributed by atoms with Crippen molar-refractivity contribution in [1.29, 1.82) is 0 Å². The first-order chi connectivity index (χ1) is 7.00. The number of nitrogens with two attached hydrogens (primary N) is 1. The molecule has 6 heteroatoms. The number of benzene rings is 1. The van der Waals surface area contributed by atoms with Gasteiger partial charge >= 0.3 is 5.97 Å². The highest BCUT2D eigenvalue weighted by Crippen LogP contribution is 2.19. The zero-order chi connectivity index (χ0) is 11.4. The number of anilines is 1. The Morgan fingerprint density at radius 3 is 2.67 bits per heavy atom. The van der Waals surface area contributed by atoms with Crippen molar-refractivity contribution in [2.75, 3.05) is 11.9 Å². The van der Waals surface area contributed by atoms with Crippen LogP contribution in [0.4, 0.5) is 5.69 Å². The van der Waals surface area contributed by atoms with Crippen molar-refractivity contribution in [1.82, 2.24) is 0 Å². The lowest BCUT2D eigenvalue weighted by atomic mass is 10.1. The fourth-order valence-corrected chi connectivity index (χ4v) is 1.22. The van der Waals surface area contributed by atoms with E-state index >= 15 is 0 Å². The third kappa shape index (κ3) is 3.14. The molecule has 0 saturated heterocycles. The summed E-state index contributed by atoms with van der Waals surface area (Å²) in [4.78, 5) is 21.3. The Labute approximate surface area is 90.8 Å². The van der Waals surface area contributed by atoms with Crippen LogP contribution in [0.3, 0.4) is 0 Å². The summed E-state index contributed by atoms with van der Waals surface area (Å²) in [6.07, 6.45) is 0. The van der Waals surface area contributed by atoms with Crippen LogP contribution >= 0.6 is 11.6 Å². The van der Waals surface area contributed by atoms with E-state index in [9.17, 15) is 9.59 Å². The predicted molar refractivity (Wildman–Crippen MR) is 56.1 cm³/mol. The molecule has 80 valence electrons. The summed E-state index contributed by atoms with van der Waals surface area (Å²) >= 11 is 5.67. The Balaban J connectivity index is 2.95. The summed E-state index contributed by atoms with van der Waals surface area (Å²) in [6, 6.07) is 4.43. The fraction of sp³-hybridized carbons (Fsp3) is 0.111. The number of carboxylic acid groups (broad SMARTS) is 1. The van der Waals surface area contributed by atoms with Gasteiger partial charge < -0.3 is 16.2 Å². The van der Waals surface area contributed by atoms with E-state index in [-0.39, 0.29) is 12.1 Å². The van der Waals surface area contributed by atoms with E-state index in [0.717, 1.165) is 0 Å². The van der Waals surface area contributed by atoms with Gasteiger partial charge in [-0.15, -0.1) is 0 Å². The van der Waals surface area contributed by atoms with Crippen molar-refractivity contribution in [3.8, 4) is 0 Å². The Morgan fingerprint density at radius 1 is 1.47 bits per heavy atom. The van der Waals surface area contributed by atoms with Crippen molar-refractivity contribution in [3.63, 3.8) is 0 Å². The average molecular weight is 229 g/mol. The molecule has 15 heavy (non-hydrogen) atoms. The van der Waals surface area contributed by atoms with Crippen molar-refractivity contribution in [2.45, 2.75) is 0 Å². The highest BCUT2D eigenvalue weighted by Gasteiger charge is 2.09. The molecule has 0 aliphatic carbocycles. The predicted octanol–water partition coefficient (Wildman–Crippen LogP) is 0.935. The summed E-state index contributed by atoms with van der Waals surface area (Å²) in [5, 5.41) is 11.4. The number of carbonyl (C=O) groups excluding carboxylic acids is 1. The van der Waals surface area contributed by atoms with Crippen LogP contribution in [0.15, 0.2) is 18.2 Å². The van der Waals surface area contributed by atoms with Crippen LogP contribution in [0.2, 0.25) is 5.02 Å². The second-order valence-corrected chi connectivity index (χ2v) is 3.24. The van der Waals surface area contributed by atoms with Gasteiger partial charge in [0.2, 0.25) is 0 Å². The van der Waals surface area contributed by atoms with Crippen molar-refractivity contribution in [2.24, 2.45) is 5.73 Å². The summed E-state index contributed by atoms with van der Waals surface area (Å²) in [7, 11) is 0. The number of aliphatic carboxylic acids is 1. The molecule has 0 aliphatic heterocycles. The van der Waals surface area contributed by atoms with E-state index in [4.69, 9.17) is 22.4 Å². The Morgan fingerprint density at radius 2 is 2.13 bits per heavy atom. The molecule has 0 atom stereocenters. The normalized spacial score (nSPS) is 9.67. The van der Waals surface area contributed by atoms with E-state index in [0.29, 0.717) is 10.7 Å². The molecule has 5 nitrogen and oxygen atoms in total. The number of halogens is 1. The quantitative estimate of drug-likeness (QED) is 0.715. The maximum Gasteiger partial charge on any atom is 0.322 e. The number of hydrogen-bond acceptors (Lipinski definition) is 3. The van der Waals surface area contributed by atoms with E-state index in [1.165, 1.54) is 18.2 Å². The van der Waals surface area contributed by atoms with Gasteiger partial charge in [-0.3, -0.25) is 9.59 Å². The van der Waals surface area contributed by atoms with Gasteiger partial charge in [-0.1, -0.05) is 11.6 Å². The standard InChI is InChI=1S/C9H9ClN2O3/c10-5-1-2-7(12-4-8(13)14)6(3-5)9(11)15/h1-3,12H,4H2,(H2,11,15)(H,13,14). The number of rotatable bonds is 4. The van der Waals surface area contributed by atoms with E-state index < -0.39 is 11.9 Å². The Bertz CT molecular complexity index is 406. The molecule has 0 fully saturated rings. The summed E-state index contributed by atoms with van der Waals surface area (Å²) < 4.78 is 0. The molecule has 1 aromatic carbocycles. The van der Waals surface area contributed by atoms with Crippen LogP contribution in [0, 0.1) is 0 Å². The molecule has 0 saturated carbocycles. The minimum Gasteiger partial charge on any atom is -0.480 e. The molecule has 0 unspecified atom stereocenters. The Hall–Kier alpha value is -1.75. The zero-order valence-electron chi connectivity index (χ0n) is 7.66. The van der Waals surface area contributed by atoms with Crippen LogP contribution in [0.25, 0.3) is 0 Å². The molecular formula is C9H9ClN2O3. The van der Waals surface area contributed by atoms with Crippen LogP contribution < -0.4 is 11.1 Å². The molecular weight excluding hydrogens is 220 g/mol. The molecule has 0 bridgehead atoms. The first-order valence-electron chi connectivity index (χ1n) is 4.05. The number of hydrogen-bond donors (Lipinski definition) is 3. The fourth-order valence-electron chi connectivity index (χ4n) is 1.05. The van der Waals surface area contributed by atoms with Crippen LogP contribution in [0.5, 0.6) is 0 Å². The van der Waals surface area contributed by atoms with Gasteiger partial charge in [0.25, 0.3) is 5.91 Å². The number of amides is 1. The second-order valence-electron chi connectivity index (χ2n) is 2.80. The number of carboxylic acids is 1. The summed E-state index contributed by atoms with van der Waals surface area (Å²) in [6.45, 7) is -0.290. The number of carbonyl (C=O) groups is 2. The van der Waals surface area contributed by atoms with Crippen molar-refractivity contribution < 1.29 is 14.7 Å². The third-order valence-corrected chi connectivity index (χ3v) is 1.91. The van der Waals surface area contributed by atoms with E-state index in [2.05, 4.69) is 5.32 Å². The van der Waals surface area contributed by atoms with Crippen LogP contribution in [0.1, 0.15) is 10.4 Å². The average Bonchev–Trinajstić information content (AvgIpc) is 2.15. The number of primary amides is 1. The lowest BCUT2D eigenvalue weighted by molar-refractivity contribution is -0.134. The lowest BCUT2D eigenvalue weighted by Crippen LogP contribution is -2.18. The third-order valence-electron chi connectivity index (χ3n) is 1.68. The van der Waals surface area contributed by atoms with Crippen LogP contribution in [-0.2, 0) is 4.79 Å². The van der Waals surface area contributed by atoms with Crippen molar-refractivity contribution >= 4 is 29.2 Å². The number of nitrogens with one attached hydrogen (secondary N) is 1. The van der Waals surface area contributed by atoms with Gasteiger partial charge in [0.05, 0.1) is 5.56 Å². The van der Waals surface area contributed by atoms with Gasteiger partial charge in [-0.25, -0.2) is 0 Å². The molecule has 0 spiro atoms. The molecule has 0 heterocycles. The summed E-state index contributed by atoms with van der Waals surface area (Å²) in [5.41, 5.74) is 5.63. The topological polar surface area (TPSA) is 92.4 Å². The van der Waals surface area contributed by atoms with Crippen LogP contribution in [-0.4, -0.2) is 23.5 Å². The monoisotopic (exact) mass is 228 g/mol. The lowest BCUT2D eigenvalue weighted by Gasteiger charge is -2.08. The highest BCUT2D eigenvalue weighted by molar-refractivity contribution is 6.31. The molecule has 1 aromatic rings. The largest absolute Gasteiger partial charge is 0.480 e. The van der Waals surface area contributed by atoms with E-state index in [1.807, 2.05) is 0 Å². The maximum atomic E-state index is 11.0. The molecule has 1 amide bonds. The molecule has 0 radical (unpaired) electrons. The highest BCUT2D eigenvalue weighted by atomic mass is 35.5. The Kier molecular flexibility index (Phi) is 3.51. The molecule has 0 aromatic heterocycles. The van der Waals surface area contributed by atoms with E-state index in [1.54, 1.807) is 0 Å². The minimum absolute atomic E-state index is 0.170. The SMILES string of the molecule is NC(=O)c1cc(Cl)ccc1NCC(=O)O. The van der Waals surface area contributed by atoms with Gasteiger partial charge in [-0.05, 0) is 18.2 Å². The first kappa shape index (κ1) is 11.3. The van der Waals surface area contributed by atoms with Gasteiger partial charge in [-0.2, -0.15) is 0 Å². The first-order valence-corrected chi connectivity index (χ1v) is 4.43. The van der Waals surface area contributed by atoms with Gasteiger partial charge in [0.15, 0.2) is 0 Å². The molecule has 0 aliphatic rings. The van der Waals surface area contributed by atoms with Gasteiger partial charge in [0.1, 0.15) is 6.54 Å². The smallest absolute Gasteiger partial charge is 0.322 e.